The zero-order valence-corrected chi connectivity index (χ0v) is 9.06. The van der Waals surface area contributed by atoms with Crippen LogP contribution in [0.5, 0.6) is 5.75 Å². The van der Waals surface area contributed by atoms with E-state index in [0.29, 0.717) is 12.4 Å². The van der Waals surface area contributed by atoms with Gasteiger partial charge in [0, 0.05) is 0 Å². The third-order valence-corrected chi connectivity index (χ3v) is 2.80. The molecule has 0 spiro atoms. The maximum absolute atomic E-state index is 11.0. The highest BCUT2D eigenvalue weighted by molar-refractivity contribution is 7.86. The van der Waals surface area contributed by atoms with Crippen molar-refractivity contribution in [2.24, 2.45) is 0 Å². The van der Waals surface area contributed by atoms with Crippen molar-refractivity contribution in [2.75, 3.05) is 6.61 Å². The Morgan fingerprint density at radius 3 is 2.69 bits per heavy atom. The number of ether oxygens (including phenoxy) is 1. The predicted molar refractivity (Wildman–Crippen MR) is 52.8 cm³/mol. The van der Waals surface area contributed by atoms with Crippen LogP contribution in [0.2, 0.25) is 0 Å². The quantitative estimate of drug-likeness (QED) is 0.799. The Hall–Kier alpha value is -1.67. The van der Waals surface area contributed by atoms with Gasteiger partial charge in [-0.25, -0.2) is 4.63 Å². The van der Waals surface area contributed by atoms with E-state index in [1.165, 1.54) is 12.1 Å². The van der Waals surface area contributed by atoms with E-state index in [4.69, 9.17) is 9.29 Å². The zero-order chi connectivity index (χ0) is 11.8. The predicted octanol–water partition coefficient (Wildman–Crippen LogP) is 0.868. The van der Waals surface area contributed by atoms with E-state index in [1.807, 2.05) is 0 Å². The van der Waals surface area contributed by atoms with E-state index in [1.54, 1.807) is 6.92 Å². The first kappa shape index (κ1) is 10.8. The lowest BCUT2D eigenvalue weighted by Gasteiger charge is -2.03. The van der Waals surface area contributed by atoms with Crippen molar-refractivity contribution in [3.63, 3.8) is 0 Å². The van der Waals surface area contributed by atoms with Crippen molar-refractivity contribution in [2.45, 2.75) is 11.8 Å². The highest BCUT2D eigenvalue weighted by Gasteiger charge is 2.20. The van der Waals surface area contributed by atoms with Crippen LogP contribution < -0.4 is 4.74 Å². The molecule has 1 heterocycles. The van der Waals surface area contributed by atoms with Gasteiger partial charge in [-0.05, 0) is 29.4 Å². The number of hydrogen-bond acceptors (Lipinski definition) is 6. The van der Waals surface area contributed by atoms with Crippen LogP contribution >= 0.6 is 0 Å². The summed E-state index contributed by atoms with van der Waals surface area (Å²) < 4.78 is 40.6. The Morgan fingerprint density at radius 1 is 1.38 bits per heavy atom. The van der Waals surface area contributed by atoms with Gasteiger partial charge in [0.05, 0.1) is 6.61 Å². The fourth-order valence-corrected chi connectivity index (χ4v) is 1.92. The van der Waals surface area contributed by atoms with Crippen LogP contribution in [0.3, 0.4) is 0 Å². The number of fused-ring (bicyclic) bond motifs is 1. The average molecular weight is 244 g/mol. The molecule has 8 heteroatoms. The highest BCUT2D eigenvalue weighted by atomic mass is 32.2. The van der Waals surface area contributed by atoms with Crippen LogP contribution in [0.15, 0.2) is 21.7 Å². The summed E-state index contributed by atoms with van der Waals surface area (Å²) in [5.41, 5.74) is 0.116. The summed E-state index contributed by atoms with van der Waals surface area (Å²) in [7, 11) is -4.35. The molecule has 86 valence electrons. The fourth-order valence-electron chi connectivity index (χ4n) is 1.30. The van der Waals surface area contributed by atoms with Crippen LogP contribution in [-0.2, 0) is 10.1 Å². The Labute approximate surface area is 90.7 Å². The van der Waals surface area contributed by atoms with Gasteiger partial charge in [0.15, 0.2) is 16.8 Å². The van der Waals surface area contributed by atoms with E-state index in [0.717, 1.165) is 0 Å². The van der Waals surface area contributed by atoms with Gasteiger partial charge in [0.1, 0.15) is 4.90 Å². The van der Waals surface area contributed by atoms with Gasteiger partial charge in [0.2, 0.25) is 0 Å². The molecule has 0 radical (unpaired) electrons. The molecule has 0 saturated heterocycles. The molecule has 0 fully saturated rings. The molecule has 0 atom stereocenters. The van der Waals surface area contributed by atoms with Gasteiger partial charge in [0.25, 0.3) is 10.1 Å². The third-order valence-electron chi connectivity index (χ3n) is 1.92. The lowest BCUT2D eigenvalue weighted by atomic mass is 10.3. The SMILES string of the molecule is CCOc1ccc(S(=O)(=O)O)c2nonc12. The minimum absolute atomic E-state index is 0.0477. The van der Waals surface area contributed by atoms with Gasteiger partial charge in [-0.3, -0.25) is 4.55 Å². The molecule has 0 unspecified atom stereocenters. The molecule has 0 aliphatic heterocycles. The maximum atomic E-state index is 11.0. The van der Waals surface area contributed by atoms with Crippen molar-refractivity contribution >= 4 is 21.2 Å². The summed E-state index contributed by atoms with van der Waals surface area (Å²) >= 11 is 0. The summed E-state index contributed by atoms with van der Waals surface area (Å²) in [6.07, 6.45) is 0. The summed E-state index contributed by atoms with van der Waals surface area (Å²) in [5.74, 6) is 0.353. The van der Waals surface area contributed by atoms with E-state index >= 15 is 0 Å². The molecule has 1 aromatic carbocycles. The van der Waals surface area contributed by atoms with E-state index in [-0.39, 0.29) is 15.9 Å². The summed E-state index contributed by atoms with van der Waals surface area (Å²) in [6.45, 7) is 2.17. The minimum Gasteiger partial charge on any atom is -0.491 e. The van der Waals surface area contributed by atoms with Crippen molar-refractivity contribution in [3.05, 3.63) is 12.1 Å². The van der Waals surface area contributed by atoms with Gasteiger partial charge in [-0.15, -0.1) is 0 Å². The molecule has 1 aromatic heterocycles. The maximum Gasteiger partial charge on any atom is 0.296 e. The largest absolute Gasteiger partial charge is 0.491 e. The Balaban J connectivity index is 2.74. The molecule has 0 amide bonds. The Kier molecular flexibility index (Phi) is 2.52. The molecule has 0 saturated carbocycles. The second-order valence-electron chi connectivity index (χ2n) is 2.93. The molecule has 0 bridgehead atoms. The smallest absolute Gasteiger partial charge is 0.296 e. The molecule has 0 aliphatic carbocycles. The second-order valence-corrected chi connectivity index (χ2v) is 4.32. The topological polar surface area (TPSA) is 103 Å². The van der Waals surface area contributed by atoms with Crippen LogP contribution in [0.25, 0.3) is 11.0 Å². The lowest BCUT2D eigenvalue weighted by Crippen LogP contribution is -2.00. The van der Waals surface area contributed by atoms with Crippen molar-refractivity contribution in [1.82, 2.24) is 10.3 Å². The number of hydrogen-bond donors (Lipinski definition) is 1. The summed E-state index contributed by atoms with van der Waals surface area (Å²) in [6, 6.07) is 2.58. The molecule has 2 aromatic rings. The van der Waals surface area contributed by atoms with E-state index in [9.17, 15) is 8.42 Å². The summed E-state index contributed by atoms with van der Waals surface area (Å²) in [5, 5.41) is 6.95. The highest BCUT2D eigenvalue weighted by Crippen LogP contribution is 2.28. The number of rotatable bonds is 3. The van der Waals surface area contributed by atoms with Gasteiger partial charge in [-0.1, -0.05) is 0 Å². The number of aromatic nitrogens is 2. The monoisotopic (exact) mass is 244 g/mol. The number of benzene rings is 1. The van der Waals surface area contributed by atoms with Crippen LogP contribution in [0.4, 0.5) is 0 Å². The van der Waals surface area contributed by atoms with Crippen molar-refractivity contribution < 1.29 is 22.3 Å². The molecule has 2 rings (SSSR count). The number of nitrogens with zero attached hydrogens (tertiary/aromatic N) is 2. The molecular formula is C8H8N2O5S. The van der Waals surface area contributed by atoms with Crippen molar-refractivity contribution in [1.29, 1.82) is 0 Å². The first-order valence-electron chi connectivity index (χ1n) is 4.39. The normalized spacial score (nSPS) is 11.9. The summed E-state index contributed by atoms with van der Waals surface area (Å²) in [4.78, 5) is -0.354. The first-order chi connectivity index (χ1) is 7.54. The molecule has 7 nitrogen and oxygen atoms in total. The van der Waals surface area contributed by atoms with Gasteiger partial charge in [-0.2, -0.15) is 8.42 Å². The molecular weight excluding hydrogens is 236 g/mol. The first-order valence-corrected chi connectivity index (χ1v) is 5.83. The van der Waals surface area contributed by atoms with E-state index < -0.39 is 10.1 Å². The van der Waals surface area contributed by atoms with E-state index in [2.05, 4.69) is 14.9 Å². The van der Waals surface area contributed by atoms with Crippen LogP contribution in [-0.4, -0.2) is 29.9 Å². The Morgan fingerprint density at radius 2 is 2.06 bits per heavy atom. The molecule has 1 N–H and O–H groups in total. The second kappa shape index (κ2) is 3.72. The van der Waals surface area contributed by atoms with Gasteiger partial charge < -0.3 is 4.74 Å². The zero-order valence-electron chi connectivity index (χ0n) is 8.24. The average Bonchev–Trinajstić information content (AvgIpc) is 2.65. The minimum atomic E-state index is -4.35. The Bertz CT molecular complexity index is 618. The standard InChI is InChI=1S/C8H8N2O5S/c1-2-14-5-3-4-6(16(11,12)13)8-7(5)9-15-10-8/h3-4H,2H2,1H3,(H,11,12,13). The fraction of sp³-hybridized carbons (Fsp3) is 0.250. The van der Waals surface area contributed by atoms with Gasteiger partial charge >= 0.3 is 0 Å². The molecule has 0 aliphatic rings. The van der Waals surface area contributed by atoms with Crippen LogP contribution in [0, 0.1) is 0 Å². The lowest BCUT2D eigenvalue weighted by molar-refractivity contribution is 0.310. The van der Waals surface area contributed by atoms with Crippen LogP contribution in [0.1, 0.15) is 6.92 Å². The van der Waals surface area contributed by atoms with Crippen molar-refractivity contribution in [3.8, 4) is 5.75 Å². The third kappa shape index (κ3) is 1.72. The molecule has 16 heavy (non-hydrogen) atoms.